The van der Waals surface area contributed by atoms with E-state index in [2.05, 4.69) is 47.6 Å². The van der Waals surface area contributed by atoms with Crippen molar-refractivity contribution in [3.8, 4) is 0 Å². The molecule has 132 valence electrons. The van der Waals surface area contributed by atoms with Gasteiger partial charge in [0.1, 0.15) is 6.26 Å². The highest BCUT2D eigenvalue weighted by molar-refractivity contribution is 7.96. The second-order valence-electron chi connectivity index (χ2n) is 6.84. The molecule has 1 aliphatic rings. The van der Waals surface area contributed by atoms with Crippen molar-refractivity contribution in [1.29, 1.82) is 0 Å². The molecule has 3 nitrogen and oxygen atoms in total. The van der Waals surface area contributed by atoms with Gasteiger partial charge in [-0.2, -0.15) is 0 Å². The van der Waals surface area contributed by atoms with Gasteiger partial charge in [0.25, 0.3) is 0 Å². The zero-order chi connectivity index (χ0) is 17.9. The molecular formula is C21H26NO2S+. The van der Waals surface area contributed by atoms with Crippen LogP contribution in [0.1, 0.15) is 24.2 Å². The summed E-state index contributed by atoms with van der Waals surface area (Å²) in [6.07, 6.45) is 2.23. The van der Waals surface area contributed by atoms with E-state index in [4.69, 9.17) is 4.74 Å². The molecule has 1 fully saturated rings. The van der Waals surface area contributed by atoms with Crippen LogP contribution in [0.25, 0.3) is 0 Å². The van der Waals surface area contributed by atoms with Gasteiger partial charge in [-0.05, 0) is 50.2 Å². The number of hydrogen-bond donors (Lipinski definition) is 0. The van der Waals surface area contributed by atoms with Crippen LogP contribution in [0.3, 0.4) is 0 Å². The molecule has 0 saturated carbocycles. The molecule has 0 N–H and O–H groups in total. The van der Waals surface area contributed by atoms with Gasteiger partial charge < -0.3 is 4.74 Å². The van der Waals surface area contributed by atoms with Crippen molar-refractivity contribution in [2.45, 2.75) is 29.2 Å². The van der Waals surface area contributed by atoms with Gasteiger partial charge in [0.05, 0.1) is 29.6 Å². The summed E-state index contributed by atoms with van der Waals surface area (Å²) in [6.45, 7) is 7.05. The molecule has 1 heterocycles. The van der Waals surface area contributed by atoms with Gasteiger partial charge in [-0.1, -0.05) is 18.2 Å². The number of rotatable bonds is 5. The summed E-state index contributed by atoms with van der Waals surface area (Å²) in [5.74, 6) is 0.177. The van der Waals surface area contributed by atoms with Crippen molar-refractivity contribution in [3.05, 3.63) is 60.2 Å². The monoisotopic (exact) mass is 356 g/mol. The number of nitrogens with zero attached hydrogens (tertiary/aromatic N) is 1. The van der Waals surface area contributed by atoms with Crippen LogP contribution in [0.15, 0.2) is 64.4 Å². The smallest absolute Gasteiger partial charge is 0.182 e. The third kappa shape index (κ3) is 3.97. The van der Waals surface area contributed by atoms with E-state index >= 15 is 0 Å². The lowest BCUT2D eigenvalue weighted by Crippen LogP contribution is -2.54. The predicted molar refractivity (Wildman–Crippen MR) is 104 cm³/mol. The maximum absolute atomic E-state index is 13.0. The average molecular weight is 357 g/mol. The van der Waals surface area contributed by atoms with Gasteiger partial charge in [-0.3, -0.25) is 9.69 Å². The van der Waals surface area contributed by atoms with Crippen molar-refractivity contribution in [3.63, 3.8) is 0 Å². The van der Waals surface area contributed by atoms with Gasteiger partial charge in [-0.25, -0.2) is 0 Å². The molecule has 1 aliphatic heterocycles. The number of carbonyl (C=O) groups excluding carboxylic acids is 1. The Morgan fingerprint density at radius 3 is 2.12 bits per heavy atom. The number of ketones is 1. The Balaban J connectivity index is 1.76. The van der Waals surface area contributed by atoms with Crippen LogP contribution in [0, 0.1) is 0 Å². The number of carbonyl (C=O) groups is 1. The van der Waals surface area contributed by atoms with Crippen LogP contribution >= 0.6 is 0 Å². The fourth-order valence-electron chi connectivity index (χ4n) is 3.19. The number of ether oxygens (including phenoxy) is 1. The molecule has 0 amide bonds. The first kappa shape index (κ1) is 18.2. The van der Waals surface area contributed by atoms with E-state index in [1.807, 2.05) is 32.0 Å². The Hall–Kier alpha value is -1.62. The molecule has 0 bridgehead atoms. The Labute approximate surface area is 153 Å². The lowest BCUT2D eigenvalue weighted by molar-refractivity contribution is -0.00430. The highest BCUT2D eigenvalue weighted by atomic mass is 32.2. The minimum absolute atomic E-state index is 0.0180. The van der Waals surface area contributed by atoms with Gasteiger partial charge in [-0.15, -0.1) is 0 Å². The van der Waals surface area contributed by atoms with E-state index in [1.165, 1.54) is 9.79 Å². The molecule has 0 aromatic heterocycles. The molecular weight excluding hydrogens is 330 g/mol. The highest BCUT2D eigenvalue weighted by Gasteiger charge is 2.36. The number of benzene rings is 2. The molecule has 1 unspecified atom stereocenters. The molecule has 2 aromatic rings. The number of Topliss-reactive ketones (excluding diaryl/α,β-unsaturated/α-hetero) is 1. The lowest BCUT2D eigenvalue weighted by atomic mass is 9.91. The van der Waals surface area contributed by atoms with Crippen LogP contribution in [-0.4, -0.2) is 48.8 Å². The summed E-state index contributed by atoms with van der Waals surface area (Å²) in [4.78, 5) is 17.8. The Kier molecular flexibility index (Phi) is 5.62. The van der Waals surface area contributed by atoms with Crippen molar-refractivity contribution in [2.24, 2.45) is 0 Å². The number of morpholine rings is 1. The van der Waals surface area contributed by atoms with Crippen molar-refractivity contribution in [1.82, 2.24) is 4.90 Å². The van der Waals surface area contributed by atoms with Crippen LogP contribution in [0.5, 0.6) is 0 Å². The topological polar surface area (TPSA) is 29.5 Å². The highest BCUT2D eigenvalue weighted by Crippen LogP contribution is 2.25. The van der Waals surface area contributed by atoms with Crippen LogP contribution in [-0.2, 0) is 15.6 Å². The number of hydrogen-bond acceptors (Lipinski definition) is 3. The van der Waals surface area contributed by atoms with E-state index in [0.29, 0.717) is 13.2 Å². The first-order valence-corrected chi connectivity index (χ1v) is 10.3. The standard InChI is InChI=1S/C21H26NO2S/c1-21(2,22-13-15-24-16-14-22)20(23)17-9-11-19(12-10-17)25(3)18-7-5-4-6-8-18/h4-12H,13-16H2,1-3H3/q+1. The molecule has 2 aromatic carbocycles. The van der Waals surface area contributed by atoms with Gasteiger partial charge in [0.2, 0.25) is 0 Å². The SMILES string of the molecule is C[S+](c1ccccc1)c1ccc(C(=O)C(C)(C)N2CCOCC2)cc1. The minimum Gasteiger partial charge on any atom is -0.379 e. The maximum Gasteiger partial charge on any atom is 0.182 e. The van der Waals surface area contributed by atoms with E-state index in [-0.39, 0.29) is 16.7 Å². The lowest BCUT2D eigenvalue weighted by Gasteiger charge is -2.39. The zero-order valence-electron chi connectivity index (χ0n) is 15.2. The van der Waals surface area contributed by atoms with E-state index in [0.717, 1.165) is 18.7 Å². The predicted octanol–water partition coefficient (Wildman–Crippen LogP) is 3.65. The fourth-order valence-corrected chi connectivity index (χ4v) is 4.57. The summed E-state index contributed by atoms with van der Waals surface area (Å²) in [5, 5.41) is 0. The van der Waals surface area contributed by atoms with Crippen LogP contribution < -0.4 is 0 Å². The van der Waals surface area contributed by atoms with E-state index in [1.54, 1.807) is 0 Å². The Morgan fingerprint density at radius 1 is 0.960 bits per heavy atom. The molecule has 4 heteroatoms. The first-order chi connectivity index (χ1) is 12.0. The molecule has 25 heavy (non-hydrogen) atoms. The average Bonchev–Trinajstić information content (AvgIpc) is 2.68. The van der Waals surface area contributed by atoms with Gasteiger partial charge in [0.15, 0.2) is 15.6 Å². The first-order valence-electron chi connectivity index (χ1n) is 8.69. The summed E-state index contributed by atoms with van der Waals surface area (Å²) in [6, 6.07) is 18.6. The van der Waals surface area contributed by atoms with Crippen LogP contribution in [0.2, 0.25) is 0 Å². The molecule has 3 rings (SSSR count). The summed E-state index contributed by atoms with van der Waals surface area (Å²) >= 11 is 0. The Bertz CT molecular complexity index is 706. The third-order valence-electron chi connectivity index (χ3n) is 4.92. The van der Waals surface area contributed by atoms with Crippen LogP contribution in [0.4, 0.5) is 0 Å². The summed E-state index contributed by atoms with van der Waals surface area (Å²) in [7, 11) is 0.0180. The van der Waals surface area contributed by atoms with Crippen molar-refractivity contribution < 1.29 is 9.53 Å². The second kappa shape index (κ2) is 7.73. The molecule has 0 radical (unpaired) electrons. The zero-order valence-corrected chi connectivity index (χ0v) is 16.0. The van der Waals surface area contributed by atoms with Gasteiger partial charge in [0, 0.05) is 18.7 Å². The maximum atomic E-state index is 13.0. The fraction of sp³-hybridized carbons (Fsp3) is 0.381. The van der Waals surface area contributed by atoms with Gasteiger partial charge >= 0.3 is 0 Å². The molecule has 1 saturated heterocycles. The Morgan fingerprint density at radius 2 is 1.52 bits per heavy atom. The minimum atomic E-state index is -0.501. The second-order valence-corrected chi connectivity index (χ2v) is 8.80. The molecule has 1 atom stereocenters. The summed E-state index contributed by atoms with van der Waals surface area (Å²) in [5.41, 5.74) is 0.281. The van der Waals surface area contributed by atoms with E-state index < -0.39 is 5.54 Å². The summed E-state index contributed by atoms with van der Waals surface area (Å²) < 4.78 is 5.41. The van der Waals surface area contributed by atoms with Crippen molar-refractivity contribution >= 4 is 16.7 Å². The molecule has 0 spiro atoms. The normalized spacial score (nSPS) is 17.2. The van der Waals surface area contributed by atoms with Crippen molar-refractivity contribution in [2.75, 3.05) is 32.6 Å². The molecule has 0 aliphatic carbocycles. The third-order valence-corrected chi connectivity index (χ3v) is 6.88. The largest absolute Gasteiger partial charge is 0.379 e. The van der Waals surface area contributed by atoms with E-state index in [9.17, 15) is 4.79 Å². The quantitative estimate of drug-likeness (QED) is 0.605.